The molecule has 0 radical (unpaired) electrons. The normalized spacial score (nSPS) is 10.2. The summed E-state index contributed by atoms with van der Waals surface area (Å²) >= 11 is 6.18. The van der Waals surface area contributed by atoms with Crippen LogP contribution in [0.1, 0.15) is 15.9 Å². The van der Waals surface area contributed by atoms with E-state index in [9.17, 15) is 4.79 Å². The summed E-state index contributed by atoms with van der Waals surface area (Å²) < 4.78 is 5.07. The number of amides is 1. The molecule has 1 amide bonds. The van der Waals surface area contributed by atoms with Gasteiger partial charge in [-0.3, -0.25) is 4.79 Å². The van der Waals surface area contributed by atoms with Crippen LogP contribution in [0, 0.1) is 0 Å². The van der Waals surface area contributed by atoms with Crippen molar-refractivity contribution in [2.24, 2.45) is 0 Å². The van der Waals surface area contributed by atoms with Gasteiger partial charge in [0.25, 0.3) is 11.8 Å². The van der Waals surface area contributed by atoms with Crippen molar-refractivity contribution >= 4 is 35.0 Å². The first kappa shape index (κ1) is 24.6. The van der Waals surface area contributed by atoms with Crippen molar-refractivity contribution in [3.05, 3.63) is 77.3 Å². The summed E-state index contributed by atoms with van der Waals surface area (Å²) in [4.78, 5) is 21.7. The van der Waals surface area contributed by atoms with Gasteiger partial charge in [0.15, 0.2) is 0 Å². The number of anilines is 3. The van der Waals surface area contributed by atoms with E-state index in [1.54, 1.807) is 32.3 Å². The first-order chi connectivity index (χ1) is 16.4. The summed E-state index contributed by atoms with van der Waals surface area (Å²) in [6.45, 7) is 0.240. The molecule has 11 heteroatoms. The molecule has 4 rings (SSSR count). The maximum Gasteiger partial charge on any atom is 0.254 e. The first-order valence-electron chi connectivity index (χ1n) is 10.2. The molecule has 0 saturated heterocycles. The van der Waals surface area contributed by atoms with Crippen LogP contribution >= 0.6 is 11.6 Å². The number of hydrogen-bond donors (Lipinski definition) is 3. The number of nitrogens with one attached hydrogen (secondary N) is 1. The molecule has 0 bridgehead atoms. The second-order valence-electron chi connectivity index (χ2n) is 7.21. The minimum absolute atomic E-state index is 0.180. The average molecular weight is 482 g/mol. The molecular formula is C23H24ClN7O3. The van der Waals surface area contributed by atoms with Crippen molar-refractivity contribution in [2.75, 3.05) is 31.8 Å². The summed E-state index contributed by atoms with van der Waals surface area (Å²) in [7, 11) is 3.32. The fourth-order valence-electron chi connectivity index (χ4n) is 2.82. The van der Waals surface area contributed by atoms with Gasteiger partial charge in [-0.05, 0) is 30.2 Å². The predicted molar refractivity (Wildman–Crippen MR) is 130 cm³/mol. The molecule has 0 spiro atoms. The standard InChI is InChI=1S/C15H14ClN7O2.C8H10O/c1-23(2)14(24)9-4-3-8(5-11(9)16)20-15-18-6-10(12(17)21-15)13-22-19-7-25-13;9-7-6-8-4-2-1-3-5-8/h3-7H,1-2H3,(H3,17,18,20,21);1-5,9H,6-7H2. The topological polar surface area (TPSA) is 143 Å². The molecule has 4 aromatic rings. The zero-order valence-corrected chi connectivity index (χ0v) is 19.4. The highest BCUT2D eigenvalue weighted by molar-refractivity contribution is 6.34. The van der Waals surface area contributed by atoms with E-state index in [1.807, 2.05) is 30.3 Å². The highest BCUT2D eigenvalue weighted by Crippen LogP contribution is 2.26. The van der Waals surface area contributed by atoms with E-state index >= 15 is 0 Å². The molecule has 2 heterocycles. The molecule has 0 fully saturated rings. The fraction of sp³-hybridized carbons (Fsp3) is 0.174. The summed E-state index contributed by atoms with van der Waals surface area (Å²) in [6, 6.07) is 14.9. The maximum atomic E-state index is 12.0. The summed E-state index contributed by atoms with van der Waals surface area (Å²) in [5.41, 5.74) is 8.55. The molecule has 0 aliphatic rings. The third kappa shape index (κ3) is 6.50. The van der Waals surface area contributed by atoms with Gasteiger partial charge in [0, 0.05) is 32.6 Å². The molecule has 0 aliphatic carbocycles. The van der Waals surface area contributed by atoms with E-state index in [1.165, 1.54) is 23.1 Å². The molecule has 0 aliphatic heterocycles. The van der Waals surface area contributed by atoms with Crippen LogP contribution in [0.5, 0.6) is 0 Å². The average Bonchev–Trinajstić information content (AvgIpc) is 3.35. The number of carbonyl (C=O) groups excluding carboxylic acids is 1. The molecule has 2 aromatic heterocycles. The minimum Gasteiger partial charge on any atom is -0.423 e. The Morgan fingerprint density at radius 2 is 1.97 bits per heavy atom. The third-order valence-corrected chi connectivity index (χ3v) is 4.83. The van der Waals surface area contributed by atoms with E-state index in [0.29, 0.717) is 21.8 Å². The number of rotatable bonds is 6. The molecule has 2 aromatic carbocycles. The Morgan fingerprint density at radius 3 is 2.56 bits per heavy atom. The van der Waals surface area contributed by atoms with E-state index in [2.05, 4.69) is 25.5 Å². The number of hydrogen-bond acceptors (Lipinski definition) is 9. The maximum absolute atomic E-state index is 12.0. The molecule has 10 nitrogen and oxygen atoms in total. The lowest BCUT2D eigenvalue weighted by atomic mass is 10.2. The van der Waals surface area contributed by atoms with Crippen LogP contribution in [0.2, 0.25) is 5.02 Å². The van der Waals surface area contributed by atoms with Crippen molar-refractivity contribution in [1.82, 2.24) is 25.1 Å². The highest BCUT2D eigenvalue weighted by atomic mass is 35.5. The van der Waals surface area contributed by atoms with Crippen molar-refractivity contribution in [3.63, 3.8) is 0 Å². The predicted octanol–water partition coefficient (Wildman–Crippen LogP) is 3.43. The van der Waals surface area contributed by atoms with Gasteiger partial charge in [-0.2, -0.15) is 4.98 Å². The van der Waals surface area contributed by atoms with Gasteiger partial charge in [0.1, 0.15) is 5.82 Å². The Bertz CT molecular complexity index is 1220. The lowest BCUT2D eigenvalue weighted by Gasteiger charge is -2.13. The van der Waals surface area contributed by atoms with Gasteiger partial charge in [-0.25, -0.2) is 4.98 Å². The Hall–Kier alpha value is -4.02. The summed E-state index contributed by atoms with van der Waals surface area (Å²) in [6.07, 6.45) is 3.43. The van der Waals surface area contributed by atoms with E-state index in [4.69, 9.17) is 26.9 Å². The summed E-state index contributed by atoms with van der Waals surface area (Å²) in [5, 5.41) is 19.2. The lowest BCUT2D eigenvalue weighted by Crippen LogP contribution is -2.21. The highest BCUT2D eigenvalue weighted by Gasteiger charge is 2.14. The number of nitrogens with zero attached hydrogens (tertiary/aromatic N) is 5. The van der Waals surface area contributed by atoms with Gasteiger partial charge < -0.3 is 25.5 Å². The molecule has 0 unspecified atom stereocenters. The van der Waals surface area contributed by atoms with Gasteiger partial charge >= 0.3 is 0 Å². The van der Waals surface area contributed by atoms with Gasteiger partial charge in [0.05, 0.1) is 16.1 Å². The third-order valence-electron chi connectivity index (χ3n) is 4.51. The molecule has 0 atom stereocenters. The number of nitrogens with two attached hydrogens (primary N) is 1. The Balaban J connectivity index is 0.000000302. The SMILES string of the molecule is CN(C)C(=O)c1ccc(Nc2ncc(-c3nnco3)c(N)n2)cc1Cl.OCCc1ccccc1. The van der Waals surface area contributed by atoms with Gasteiger partial charge in [-0.1, -0.05) is 41.9 Å². The first-order valence-corrected chi connectivity index (χ1v) is 10.6. The van der Waals surface area contributed by atoms with Crippen LogP contribution in [0.15, 0.2) is 65.5 Å². The fourth-order valence-corrected chi connectivity index (χ4v) is 3.08. The van der Waals surface area contributed by atoms with Gasteiger partial charge in [0.2, 0.25) is 12.3 Å². The number of aliphatic hydroxyl groups is 1. The number of nitrogen functional groups attached to an aromatic ring is 1. The molecular weight excluding hydrogens is 458 g/mol. The largest absolute Gasteiger partial charge is 0.423 e. The second kappa shape index (κ2) is 11.7. The zero-order chi connectivity index (χ0) is 24.5. The zero-order valence-electron chi connectivity index (χ0n) is 18.6. The van der Waals surface area contributed by atoms with Crippen molar-refractivity contribution < 1.29 is 14.3 Å². The Kier molecular flexibility index (Phi) is 8.49. The van der Waals surface area contributed by atoms with Crippen molar-refractivity contribution in [2.45, 2.75) is 6.42 Å². The van der Waals surface area contributed by atoms with E-state index in [-0.39, 0.29) is 30.2 Å². The molecule has 34 heavy (non-hydrogen) atoms. The molecule has 0 saturated carbocycles. The quantitative estimate of drug-likeness (QED) is 0.377. The van der Waals surface area contributed by atoms with Gasteiger partial charge in [-0.15, -0.1) is 10.2 Å². The number of benzene rings is 2. The Morgan fingerprint density at radius 1 is 1.21 bits per heavy atom. The Labute approximate surface area is 201 Å². The number of halogens is 1. The monoisotopic (exact) mass is 481 g/mol. The number of aliphatic hydroxyl groups excluding tert-OH is 1. The van der Waals surface area contributed by atoms with Crippen LogP contribution in [0.3, 0.4) is 0 Å². The van der Waals surface area contributed by atoms with Crippen LogP contribution in [-0.2, 0) is 6.42 Å². The summed E-state index contributed by atoms with van der Waals surface area (Å²) in [5.74, 6) is 0.510. The smallest absolute Gasteiger partial charge is 0.254 e. The van der Waals surface area contributed by atoms with E-state index < -0.39 is 0 Å². The second-order valence-corrected chi connectivity index (χ2v) is 7.62. The van der Waals surface area contributed by atoms with Crippen LogP contribution in [-0.4, -0.2) is 56.8 Å². The number of aromatic nitrogens is 4. The van der Waals surface area contributed by atoms with Crippen LogP contribution in [0.4, 0.5) is 17.5 Å². The van der Waals surface area contributed by atoms with Crippen molar-refractivity contribution in [1.29, 1.82) is 0 Å². The molecule has 176 valence electrons. The van der Waals surface area contributed by atoms with Crippen molar-refractivity contribution in [3.8, 4) is 11.5 Å². The van der Waals surface area contributed by atoms with Crippen LogP contribution in [0.25, 0.3) is 11.5 Å². The number of carbonyl (C=O) groups is 1. The molecule has 4 N–H and O–H groups in total. The lowest BCUT2D eigenvalue weighted by molar-refractivity contribution is 0.0828. The van der Waals surface area contributed by atoms with Crippen LogP contribution < -0.4 is 11.1 Å². The van der Waals surface area contributed by atoms with E-state index in [0.717, 1.165) is 6.42 Å². The minimum atomic E-state index is -0.180.